The fraction of sp³-hybridized carbons (Fsp3) is 0.360. The van der Waals surface area contributed by atoms with Crippen molar-refractivity contribution < 1.29 is 19.1 Å². The molecule has 174 valence electrons. The minimum atomic E-state index is -0.378. The molecule has 3 rings (SSSR count). The summed E-state index contributed by atoms with van der Waals surface area (Å²) in [5.74, 6) is -0.587. The number of esters is 1. The molecule has 0 radical (unpaired) electrons. The van der Waals surface area contributed by atoms with E-state index >= 15 is 0 Å². The van der Waals surface area contributed by atoms with Crippen LogP contribution in [0.4, 0.5) is 5.69 Å². The van der Waals surface area contributed by atoms with E-state index in [9.17, 15) is 14.4 Å². The maximum Gasteiger partial charge on any atom is 0.338 e. The van der Waals surface area contributed by atoms with Crippen molar-refractivity contribution in [2.45, 2.75) is 51.6 Å². The molecule has 0 fully saturated rings. The molecule has 1 amide bonds. The molecule has 3 aromatic rings. The van der Waals surface area contributed by atoms with Crippen molar-refractivity contribution in [1.29, 1.82) is 0 Å². The number of hydrogen-bond donors (Lipinski definition) is 1. The number of amides is 1. The molecule has 0 saturated heterocycles. The average Bonchev–Trinajstić information content (AvgIpc) is 3.15. The number of anilines is 1. The highest BCUT2D eigenvalue weighted by molar-refractivity contribution is 8.00. The number of Topliss-reactive ketones (excluding diaryl/α,β-unsaturated/α-hetero) is 1. The molecule has 0 aliphatic rings. The summed E-state index contributed by atoms with van der Waals surface area (Å²) in [6.07, 6.45) is 0. The van der Waals surface area contributed by atoms with Crippen LogP contribution in [0, 0.1) is 5.92 Å². The van der Waals surface area contributed by atoms with Crippen molar-refractivity contribution in [3.63, 3.8) is 0 Å². The van der Waals surface area contributed by atoms with Gasteiger partial charge in [-0.3, -0.25) is 9.59 Å². The highest BCUT2D eigenvalue weighted by Crippen LogP contribution is 2.29. The van der Waals surface area contributed by atoms with Crippen molar-refractivity contribution >= 4 is 46.1 Å². The number of rotatable bonds is 9. The number of benzene rings is 2. The second-order valence-electron chi connectivity index (χ2n) is 7.91. The van der Waals surface area contributed by atoms with Crippen molar-refractivity contribution in [3.05, 3.63) is 53.6 Å². The molecule has 0 bridgehead atoms. The SMILES string of the molecule is CCOC(=O)c1ccc2c(c1)nc(SC(C)C(=O)c1ccc(NC(=O)C(C)C)cc1)n2CC. The van der Waals surface area contributed by atoms with Gasteiger partial charge in [0.25, 0.3) is 0 Å². The predicted octanol–water partition coefficient (Wildman–Crippen LogP) is 5.19. The first-order chi connectivity index (χ1) is 15.7. The topological polar surface area (TPSA) is 90.3 Å². The van der Waals surface area contributed by atoms with E-state index in [-0.39, 0.29) is 28.8 Å². The quantitative estimate of drug-likeness (QED) is 0.265. The number of ketones is 1. The van der Waals surface area contributed by atoms with Gasteiger partial charge >= 0.3 is 5.97 Å². The molecule has 0 aliphatic carbocycles. The van der Waals surface area contributed by atoms with Gasteiger partial charge < -0.3 is 14.6 Å². The lowest BCUT2D eigenvalue weighted by atomic mass is 10.1. The van der Waals surface area contributed by atoms with Crippen LogP contribution >= 0.6 is 11.8 Å². The van der Waals surface area contributed by atoms with Crippen LogP contribution in [0.1, 0.15) is 55.3 Å². The highest BCUT2D eigenvalue weighted by Gasteiger charge is 2.21. The summed E-state index contributed by atoms with van der Waals surface area (Å²) >= 11 is 1.38. The molecule has 33 heavy (non-hydrogen) atoms. The molecule has 1 aromatic heterocycles. The minimum Gasteiger partial charge on any atom is -0.462 e. The Kier molecular flexibility index (Phi) is 7.92. The predicted molar refractivity (Wildman–Crippen MR) is 131 cm³/mol. The van der Waals surface area contributed by atoms with E-state index in [0.29, 0.717) is 35.5 Å². The molecule has 1 heterocycles. The van der Waals surface area contributed by atoms with Crippen LogP contribution in [0.25, 0.3) is 11.0 Å². The number of aromatic nitrogens is 2. The van der Waals surface area contributed by atoms with Gasteiger partial charge in [0.05, 0.1) is 28.5 Å². The Morgan fingerprint density at radius 1 is 1.03 bits per heavy atom. The zero-order valence-electron chi connectivity index (χ0n) is 19.5. The fourth-order valence-electron chi connectivity index (χ4n) is 3.30. The van der Waals surface area contributed by atoms with Crippen molar-refractivity contribution in [1.82, 2.24) is 9.55 Å². The van der Waals surface area contributed by atoms with Gasteiger partial charge in [-0.15, -0.1) is 0 Å². The van der Waals surface area contributed by atoms with Gasteiger partial charge in [0.1, 0.15) is 0 Å². The van der Waals surface area contributed by atoms with Crippen LogP contribution in [0.2, 0.25) is 0 Å². The molecular weight excluding hydrogens is 438 g/mol. The zero-order chi connectivity index (χ0) is 24.1. The van der Waals surface area contributed by atoms with Crippen LogP contribution in [-0.4, -0.2) is 39.1 Å². The third kappa shape index (κ3) is 5.63. The third-order valence-corrected chi connectivity index (χ3v) is 6.24. The van der Waals surface area contributed by atoms with E-state index in [1.54, 1.807) is 43.3 Å². The average molecular weight is 468 g/mol. The number of ether oxygens (including phenoxy) is 1. The standard InChI is InChI=1S/C25H29N3O4S/c1-6-28-21-13-10-18(24(31)32-7-2)14-20(21)27-25(28)33-16(5)22(29)17-8-11-19(12-9-17)26-23(30)15(3)4/h8-16H,6-7H2,1-5H3,(H,26,30). The molecular formula is C25H29N3O4S. The molecule has 7 nitrogen and oxygen atoms in total. The Balaban J connectivity index is 1.77. The molecule has 8 heteroatoms. The van der Waals surface area contributed by atoms with Gasteiger partial charge in [-0.25, -0.2) is 9.78 Å². The Morgan fingerprint density at radius 3 is 2.30 bits per heavy atom. The lowest BCUT2D eigenvalue weighted by Gasteiger charge is -2.12. The van der Waals surface area contributed by atoms with Gasteiger partial charge in [0.2, 0.25) is 5.91 Å². The normalized spacial score (nSPS) is 12.1. The second-order valence-corrected chi connectivity index (χ2v) is 9.22. The fourth-order valence-corrected chi connectivity index (χ4v) is 4.36. The van der Waals surface area contributed by atoms with Crippen LogP contribution in [0.5, 0.6) is 0 Å². The zero-order valence-corrected chi connectivity index (χ0v) is 20.4. The molecule has 0 aliphatic heterocycles. The lowest BCUT2D eigenvalue weighted by Crippen LogP contribution is -2.18. The number of thioether (sulfide) groups is 1. The monoisotopic (exact) mass is 467 g/mol. The maximum absolute atomic E-state index is 13.0. The van der Waals surface area contributed by atoms with E-state index in [1.807, 2.05) is 38.3 Å². The summed E-state index contributed by atoms with van der Waals surface area (Å²) in [5.41, 5.74) is 3.28. The van der Waals surface area contributed by atoms with Gasteiger partial charge in [-0.2, -0.15) is 0 Å². The Morgan fingerprint density at radius 2 is 1.70 bits per heavy atom. The first kappa shape index (κ1) is 24.5. The summed E-state index contributed by atoms with van der Waals surface area (Å²) in [6, 6.07) is 12.2. The van der Waals surface area contributed by atoms with Crippen LogP contribution < -0.4 is 5.32 Å². The van der Waals surface area contributed by atoms with Crippen LogP contribution in [-0.2, 0) is 16.1 Å². The summed E-state index contributed by atoms with van der Waals surface area (Å²) in [7, 11) is 0. The summed E-state index contributed by atoms with van der Waals surface area (Å²) < 4.78 is 7.11. The number of fused-ring (bicyclic) bond motifs is 1. The van der Waals surface area contributed by atoms with Gasteiger partial charge in [0, 0.05) is 23.7 Å². The van der Waals surface area contributed by atoms with E-state index < -0.39 is 0 Å². The van der Waals surface area contributed by atoms with Crippen molar-refractivity contribution in [2.24, 2.45) is 5.92 Å². The minimum absolute atomic E-state index is 0.0244. The smallest absolute Gasteiger partial charge is 0.338 e. The lowest BCUT2D eigenvalue weighted by molar-refractivity contribution is -0.118. The van der Waals surface area contributed by atoms with E-state index in [2.05, 4.69) is 10.3 Å². The summed E-state index contributed by atoms with van der Waals surface area (Å²) in [5, 5.41) is 3.18. The number of nitrogens with one attached hydrogen (secondary N) is 1. The number of carbonyl (C=O) groups excluding carboxylic acids is 3. The Bertz CT molecular complexity index is 1170. The van der Waals surface area contributed by atoms with Crippen molar-refractivity contribution in [3.8, 4) is 0 Å². The molecule has 0 spiro atoms. The number of hydrogen-bond acceptors (Lipinski definition) is 6. The van der Waals surface area contributed by atoms with Crippen molar-refractivity contribution in [2.75, 3.05) is 11.9 Å². The highest BCUT2D eigenvalue weighted by atomic mass is 32.2. The second kappa shape index (κ2) is 10.7. The number of aryl methyl sites for hydroxylation is 1. The summed E-state index contributed by atoms with van der Waals surface area (Å²) in [6.45, 7) is 10.3. The number of carbonyl (C=O) groups is 3. The molecule has 1 N–H and O–H groups in total. The largest absolute Gasteiger partial charge is 0.462 e. The molecule has 2 aromatic carbocycles. The van der Waals surface area contributed by atoms with E-state index in [0.717, 1.165) is 10.7 Å². The summed E-state index contributed by atoms with van der Waals surface area (Å²) in [4.78, 5) is 41.6. The molecule has 0 saturated carbocycles. The first-order valence-electron chi connectivity index (χ1n) is 11.0. The van der Waals surface area contributed by atoms with Gasteiger partial charge in [-0.05, 0) is 63.2 Å². The Labute approximate surface area is 197 Å². The molecule has 1 unspecified atom stereocenters. The maximum atomic E-state index is 13.0. The van der Waals surface area contributed by atoms with Crippen LogP contribution in [0.15, 0.2) is 47.6 Å². The number of imidazole rings is 1. The first-order valence-corrected chi connectivity index (χ1v) is 11.9. The van der Waals surface area contributed by atoms with E-state index in [1.165, 1.54) is 11.8 Å². The van der Waals surface area contributed by atoms with Crippen LogP contribution in [0.3, 0.4) is 0 Å². The molecule has 1 atom stereocenters. The Hall–Kier alpha value is -3.13. The third-order valence-electron chi connectivity index (χ3n) is 5.15. The number of nitrogens with zero attached hydrogens (tertiary/aromatic N) is 2. The van der Waals surface area contributed by atoms with Gasteiger partial charge in [0.15, 0.2) is 10.9 Å². The van der Waals surface area contributed by atoms with E-state index in [4.69, 9.17) is 4.74 Å². The van der Waals surface area contributed by atoms with Gasteiger partial charge in [-0.1, -0.05) is 25.6 Å².